The van der Waals surface area contributed by atoms with Crippen molar-refractivity contribution in [3.8, 4) is 0 Å². The van der Waals surface area contributed by atoms with Crippen LogP contribution < -0.4 is 11.1 Å². The minimum Gasteiger partial charge on any atom is -0.397 e. The van der Waals surface area contributed by atoms with Crippen molar-refractivity contribution >= 4 is 33.6 Å². The Morgan fingerprint density at radius 2 is 2.05 bits per heavy atom. The van der Waals surface area contributed by atoms with Crippen LogP contribution in [0.1, 0.15) is 22.7 Å². The average molecular weight is 283 g/mol. The van der Waals surface area contributed by atoms with Crippen LogP contribution in [0.15, 0.2) is 42.6 Å². The van der Waals surface area contributed by atoms with Gasteiger partial charge in [0.15, 0.2) is 0 Å². The third-order valence-electron chi connectivity index (χ3n) is 3.36. The molecule has 1 atom stereocenters. The summed E-state index contributed by atoms with van der Waals surface area (Å²) in [5, 5.41) is 4.62. The molecule has 102 valence electrons. The number of fused-ring (bicyclic) bond motifs is 1. The highest BCUT2D eigenvalue weighted by Crippen LogP contribution is 2.30. The van der Waals surface area contributed by atoms with Gasteiger partial charge in [-0.25, -0.2) is 0 Å². The van der Waals surface area contributed by atoms with E-state index in [0.717, 1.165) is 16.6 Å². The lowest BCUT2D eigenvalue weighted by Gasteiger charge is -2.16. The smallest absolute Gasteiger partial charge is 0.0951 e. The van der Waals surface area contributed by atoms with Crippen molar-refractivity contribution in [2.45, 2.75) is 19.9 Å². The second-order valence-corrected chi connectivity index (χ2v) is 6.24. The highest BCUT2D eigenvalue weighted by atomic mass is 32.1. The molecule has 0 saturated heterocycles. The summed E-state index contributed by atoms with van der Waals surface area (Å²) in [5.41, 5.74) is 8.62. The normalized spacial score (nSPS) is 12.5. The predicted octanol–water partition coefficient (Wildman–Crippen LogP) is 4.36. The van der Waals surface area contributed by atoms with Crippen LogP contribution in [-0.4, -0.2) is 4.98 Å². The molecule has 1 aromatic carbocycles. The highest BCUT2D eigenvalue weighted by molar-refractivity contribution is 7.12. The molecular weight excluding hydrogens is 266 g/mol. The second kappa shape index (κ2) is 5.13. The summed E-state index contributed by atoms with van der Waals surface area (Å²) < 4.78 is 0. The number of anilines is 2. The highest BCUT2D eigenvalue weighted by Gasteiger charge is 2.10. The molecule has 3 rings (SSSR count). The Kier molecular flexibility index (Phi) is 3.32. The van der Waals surface area contributed by atoms with Gasteiger partial charge >= 0.3 is 0 Å². The number of aryl methyl sites for hydroxylation is 1. The Hall–Kier alpha value is -2.07. The summed E-state index contributed by atoms with van der Waals surface area (Å²) in [5.74, 6) is 0. The lowest BCUT2D eigenvalue weighted by molar-refractivity contribution is 0.910. The van der Waals surface area contributed by atoms with Crippen LogP contribution in [0.3, 0.4) is 0 Å². The van der Waals surface area contributed by atoms with Gasteiger partial charge in [0.2, 0.25) is 0 Å². The molecule has 0 aliphatic heterocycles. The molecule has 0 fully saturated rings. The molecular formula is C16H17N3S. The fraction of sp³-hybridized carbons (Fsp3) is 0.188. The van der Waals surface area contributed by atoms with E-state index in [1.807, 2.05) is 35.6 Å². The number of nitrogens with one attached hydrogen (secondary N) is 1. The van der Waals surface area contributed by atoms with Crippen molar-refractivity contribution in [2.24, 2.45) is 0 Å². The van der Waals surface area contributed by atoms with Gasteiger partial charge in [-0.1, -0.05) is 12.1 Å². The van der Waals surface area contributed by atoms with E-state index >= 15 is 0 Å². The standard InChI is InChI=1S/C16H17N3S/c1-10-6-7-15(20-10)11(2)19-14-8-9-18-16-12(14)4-3-5-13(16)17/h3-9,11H,17H2,1-2H3,(H,18,19). The lowest BCUT2D eigenvalue weighted by Crippen LogP contribution is -2.05. The average Bonchev–Trinajstić information content (AvgIpc) is 2.87. The number of rotatable bonds is 3. The molecule has 3 aromatic rings. The number of hydrogen-bond acceptors (Lipinski definition) is 4. The number of aromatic nitrogens is 1. The van der Waals surface area contributed by atoms with Crippen molar-refractivity contribution in [3.05, 3.63) is 52.3 Å². The maximum absolute atomic E-state index is 5.98. The Balaban J connectivity index is 1.97. The van der Waals surface area contributed by atoms with E-state index in [4.69, 9.17) is 5.73 Å². The van der Waals surface area contributed by atoms with E-state index in [1.54, 1.807) is 6.20 Å². The molecule has 0 saturated carbocycles. The van der Waals surface area contributed by atoms with Crippen LogP contribution >= 0.6 is 11.3 Å². The maximum atomic E-state index is 5.98. The molecule has 0 aliphatic rings. The Labute approximate surface area is 122 Å². The van der Waals surface area contributed by atoms with Gasteiger partial charge in [-0.15, -0.1) is 11.3 Å². The largest absolute Gasteiger partial charge is 0.397 e. The zero-order valence-electron chi connectivity index (χ0n) is 11.6. The molecule has 1 unspecified atom stereocenters. The van der Waals surface area contributed by atoms with Crippen LogP contribution in [-0.2, 0) is 0 Å². The van der Waals surface area contributed by atoms with Crippen molar-refractivity contribution in [3.63, 3.8) is 0 Å². The summed E-state index contributed by atoms with van der Waals surface area (Å²) in [6, 6.07) is 12.5. The zero-order valence-corrected chi connectivity index (χ0v) is 12.4. The molecule has 0 aliphatic carbocycles. The van der Waals surface area contributed by atoms with Gasteiger partial charge in [-0.05, 0) is 38.1 Å². The van der Waals surface area contributed by atoms with Gasteiger partial charge in [0.25, 0.3) is 0 Å². The van der Waals surface area contributed by atoms with Gasteiger partial charge in [0, 0.05) is 27.0 Å². The maximum Gasteiger partial charge on any atom is 0.0951 e. The number of benzene rings is 1. The monoisotopic (exact) mass is 283 g/mol. The number of para-hydroxylation sites is 1. The van der Waals surface area contributed by atoms with Gasteiger partial charge < -0.3 is 11.1 Å². The lowest BCUT2D eigenvalue weighted by atomic mass is 10.1. The van der Waals surface area contributed by atoms with Crippen LogP contribution in [0, 0.1) is 6.92 Å². The first-order valence-electron chi connectivity index (χ1n) is 6.61. The van der Waals surface area contributed by atoms with Crippen LogP contribution in [0.25, 0.3) is 10.9 Å². The minimum atomic E-state index is 0.265. The summed E-state index contributed by atoms with van der Waals surface area (Å²) in [7, 11) is 0. The molecule has 2 heterocycles. The van der Waals surface area contributed by atoms with Crippen LogP contribution in [0.4, 0.5) is 11.4 Å². The molecule has 20 heavy (non-hydrogen) atoms. The molecule has 0 bridgehead atoms. The minimum absolute atomic E-state index is 0.265. The van der Waals surface area contributed by atoms with Gasteiger partial charge in [0.05, 0.1) is 17.2 Å². The molecule has 2 aromatic heterocycles. The predicted molar refractivity (Wildman–Crippen MR) is 87.2 cm³/mol. The summed E-state index contributed by atoms with van der Waals surface area (Å²) in [4.78, 5) is 7.02. The topological polar surface area (TPSA) is 50.9 Å². The van der Waals surface area contributed by atoms with Crippen molar-refractivity contribution in [2.75, 3.05) is 11.1 Å². The van der Waals surface area contributed by atoms with Gasteiger partial charge in [-0.2, -0.15) is 0 Å². The fourth-order valence-electron chi connectivity index (χ4n) is 2.32. The zero-order chi connectivity index (χ0) is 14.1. The molecule has 0 radical (unpaired) electrons. The summed E-state index contributed by atoms with van der Waals surface area (Å²) >= 11 is 1.82. The van der Waals surface area contributed by atoms with E-state index in [9.17, 15) is 0 Å². The van der Waals surface area contributed by atoms with Crippen molar-refractivity contribution in [1.82, 2.24) is 4.98 Å². The van der Waals surface area contributed by atoms with Gasteiger partial charge in [-0.3, -0.25) is 4.98 Å². The SMILES string of the molecule is Cc1ccc(C(C)Nc2ccnc3c(N)cccc23)s1. The number of nitrogens with zero attached hydrogens (tertiary/aromatic N) is 1. The number of thiophene rings is 1. The molecule has 3 nitrogen and oxygen atoms in total. The number of hydrogen-bond donors (Lipinski definition) is 2. The third-order valence-corrected chi connectivity index (χ3v) is 4.55. The van der Waals surface area contributed by atoms with Gasteiger partial charge in [0.1, 0.15) is 0 Å². The number of nitrogens with two attached hydrogens (primary N) is 1. The third kappa shape index (κ3) is 2.34. The van der Waals surface area contributed by atoms with E-state index in [0.29, 0.717) is 5.69 Å². The first kappa shape index (κ1) is 12.9. The summed E-state index contributed by atoms with van der Waals surface area (Å²) in [6.45, 7) is 4.30. The molecule has 0 amide bonds. The van der Waals surface area contributed by atoms with Crippen molar-refractivity contribution in [1.29, 1.82) is 0 Å². The first-order valence-corrected chi connectivity index (χ1v) is 7.43. The fourth-order valence-corrected chi connectivity index (χ4v) is 3.19. The Morgan fingerprint density at radius 3 is 2.80 bits per heavy atom. The quantitative estimate of drug-likeness (QED) is 0.702. The Bertz CT molecular complexity index is 748. The Morgan fingerprint density at radius 1 is 1.20 bits per heavy atom. The van der Waals surface area contributed by atoms with Crippen LogP contribution in [0.5, 0.6) is 0 Å². The van der Waals surface area contributed by atoms with E-state index in [-0.39, 0.29) is 6.04 Å². The molecule has 4 heteroatoms. The van der Waals surface area contributed by atoms with E-state index < -0.39 is 0 Å². The van der Waals surface area contributed by atoms with E-state index in [2.05, 4.69) is 36.3 Å². The van der Waals surface area contributed by atoms with Crippen LogP contribution in [0.2, 0.25) is 0 Å². The molecule has 0 spiro atoms. The second-order valence-electron chi connectivity index (χ2n) is 4.92. The summed E-state index contributed by atoms with van der Waals surface area (Å²) in [6.07, 6.45) is 1.80. The molecule has 3 N–H and O–H groups in total. The van der Waals surface area contributed by atoms with Crippen molar-refractivity contribution < 1.29 is 0 Å². The number of nitrogen functional groups attached to an aromatic ring is 1. The van der Waals surface area contributed by atoms with E-state index in [1.165, 1.54) is 9.75 Å². The first-order chi connectivity index (χ1) is 9.65. The number of pyridine rings is 1.